The average Bonchev–Trinajstić information content (AvgIpc) is 3.20. The molecule has 0 N–H and O–H groups in total. The summed E-state index contributed by atoms with van der Waals surface area (Å²) in [5.74, 6) is -0.0808. The molecule has 18 heavy (non-hydrogen) atoms. The minimum Gasteiger partial charge on any atom is -0.468 e. The smallest absolute Gasteiger partial charge is 0.316 e. The van der Waals surface area contributed by atoms with Crippen LogP contribution in [0.25, 0.3) is 0 Å². The van der Waals surface area contributed by atoms with Crippen LogP contribution in [0.5, 0.6) is 0 Å². The first-order valence-corrected chi connectivity index (χ1v) is 8.03. The van der Waals surface area contributed by atoms with E-state index in [-0.39, 0.29) is 11.4 Å². The van der Waals surface area contributed by atoms with Crippen LogP contribution in [0, 0.1) is 0 Å². The summed E-state index contributed by atoms with van der Waals surface area (Å²) >= 11 is 0. The van der Waals surface area contributed by atoms with E-state index >= 15 is 0 Å². The Morgan fingerprint density at radius 2 is 2.00 bits per heavy atom. The number of hydrogen-bond acceptors (Lipinski definition) is 2. The van der Waals surface area contributed by atoms with Crippen LogP contribution in [0.1, 0.15) is 30.9 Å². The number of ether oxygens (including phenoxy) is 1. The van der Waals surface area contributed by atoms with Gasteiger partial charge in [0.25, 0.3) is 0 Å². The first kappa shape index (κ1) is 13.5. The quantitative estimate of drug-likeness (QED) is 0.448. The minimum absolute atomic E-state index is 0.0808. The summed E-state index contributed by atoms with van der Waals surface area (Å²) in [5, 5.41) is 0. The van der Waals surface area contributed by atoms with Crippen LogP contribution in [-0.4, -0.2) is 25.4 Å². The SMILES string of the molecule is CCPCCc1ccc(C2(C(=O)OC)CC2)cc1. The Hall–Kier alpha value is -0.880. The number of aryl methyl sites for hydroxylation is 1. The average molecular weight is 264 g/mol. The van der Waals surface area contributed by atoms with E-state index < -0.39 is 0 Å². The highest BCUT2D eigenvalue weighted by atomic mass is 31.1. The zero-order chi connectivity index (χ0) is 13.0. The van der Waals surface area contributed by atoms with Crippen LogP contribution in [-0.2, 0) is 21.4 Å². The number of esters is 1. The fraction of sp³-hybridized carbons (Fsp3) is 0.533. The third kappa shape index (κ3) is 2.75. The van der Waals surface area contributed by atoms with Crippen LogP contribution in [0.2, 0.25) is 0 Å². The second-order valence-corrected chi connectivity index (χ2v) is 6.58. The van der Waals surface area contributed by atoms with Crippen molar-refractivity contribution in [3.8, 4) is 0 Å². The molecule has 1 aliphatic carbocycles. The number of carbonyl (C=O) groups is 1. The van der Waals surface area contributed by atoms with Crippen LogP contribution in [0.15, 0.2) is 24.3 Å². The van der Waals surface area contributed by atoms with Gasteiger partial charge in [-0.25, -0.2) is 0 Å². The van der Waals surface area contributed by atoms with Crippen molar-refractivity contribution >= 4 is 14.6 Å². The van der Waals surface area contributed by atoms with Crippen LogP contribution in [0.3, 0.4) is 0 Å². The molecule has 2 rings (SSSR count). The Balaban J connectivity index is 2.02. The lowest BCUT2D eigenvalue weighted by Gasteiger charge is -2.13. The summed E-state index contributed by atoms with van der Waals surface area (Å²) in [4.78, 5) is 11.8. The van der Waals surface area contributed by atoms with Gasteiger partial charge in [-0.3, -0.25) is 4.79 Å². The molecule has 1 aromatic rings. The molecule has 1 atom stereocenters. The third-order valence-electron chi connectivity index (χ3n) is 3.67. The second-order valence-electron chi connectivity index (χ2n) is 4.87. The van der Waals surface area contributed by atoms with Gasteiger partial charge in [-0.2, -0.15) is 0 Å². The summed E-state index contributed by atoms with van der Waals surface area (Å²) < 4.78 is 4.90. The van der Waals surface area contributed by atoms with E-state index in [0.717, 1.165) is 33.4 Å². The maximum Gasteiger partial charge on any atom is 0.316 e. The van der Waals surface area contributed by atoms with Crippen molar-refractivity contribution < 1.29 is 9.53 Å². The molecule has 1 saturated carbocycles. The van der Waals surface area contributed by atoms with Crippen LogP contribution >= 0.6 is 8.58 Å². The van der Waals surface area contributed by atoms with Gasteiger partial charge < -0.3 is 4.74 Å². The minimum atomic E-state index is -0.321. The van der Waals surface area contributed by atoms with Gasteiger partial charge >= 0.3 is 5.97 Å². The fourth-order valence-electron chi connectivity index (χ4n) is 2.33. The summed E-state index contributed by atoms with van der Waals surface area (Å²) in [6.07, 6.45) is 5.56. The first-order chi connectivity index (χ1) is 8.73. The lowest BCUT2D eigenvalue weighted by molar-refractivity contribution is -0.143. The maximum atomic E-state index is 11.8. The van der Waals surface area contributed by atoms with Crippen molar-refractivity contribution in [1.82, 2.24) is 0 Å². The van der Waals surface area contributed by atoms with E-state index in [1.54, 1.807) is 0 Å². The highest BCUT2D eigenvalue weighted by molar-refractivity contribution is 7.37. The summed E-state index contributed by atoms with van der Waals surface area (Å²) in [6.45, 7) is 2.23. The summed E-state index contributed by atoms with van der Waals surface area (Å²) in [5.41, 5.74) is 2.18. The number of benzene rings is 1. The highest BCUT2D eigenvalue weighted by Crippen LogP contribution is 2.49. The van der Waals surface area contributed by atoms with Gasteiger partial charge in [-0.05, 0) is 42.7 Å². The molecule has 1 aromatic carbocycles. The zero-order valence-corrected chi connectivity index (χ0v) is 12.2. The van der Waals surface area contributed by atoms with Gasteiger partial charge in [0.15, 0.2) is 0 Å². The van der Waals surface area contributed by atoms with E-state index in [1.807, 2.05) is 0 Å². The van der Waals surface area contributed by atoms with Crippen molar-refractivity contribution in [2.75, 3.05) is 19.4 Å². The van der Waals surface area contributed by atoms with Crippen molar-refractivity contribution in [3.63, 3.8) is 0 Å². The molecule has 1 aliphatic rings. The Morgan fingerprint density at radius 1 is 1.33 bits per heavy atom. The Morgan fingerprint density at radius 3 is 2.50 bits per heavy atom. The van der Waals surface area contributed by atoms with Crippen LogP contribution in [0.4, 0.5) is 0 Å². The lowest BCUT2D eigenvalue weighted by atomic mass is 9.95. The largest absolute Gasteiger partial charge is 0.468 e. The molecular weight excluding hydrogens is 243 g/mol. The van der Waals surface area contributed by atoms with Gasteiger partial charge in [0.1, 0.15) is 0 Å². The zero-order valence-electron chi connectivity index (χ0n) is 11.2. The summed E-state index contributed by atoms with van der Waals surface area (Å²) in [6, 6.07) is 8.54. The van der Waals surface area contributed by atoms with Crippen LogP contribution < -0.4 is 0 Å². The van der Waals surface area contributed by atoms with E-state index in [9.17, 15) is 4.79 Å². The normalized spacial score (nSPS) is 17.0. The van der Waals surface area contributed by atoms with Crippen molar-refractivity contribution in [3.05, 3.63) is 35.4 Å². The first-order valence-electron chi connectivity index (χ1n) is 6.61. The molecule has 3 heteroatoms. The molecule has 98 valence electrons. The van der Waals surface area contributed by atoms with Crippen molar-refractivity contribution in [2.45, 2.75) is 31.6 Å². The topological polar surface area (TPSA) is 26.3 Å². The predicted molar refractivity (Wildman–Crippen MR) is 76.8 cm³/mol. The van der Waals surface area contributed by atoms with Gasteiger partial charge in [-0.1, -0.05) is 31.2 Å². The molecular formula is C15H21O2P. The van der Waals surface area contributed by atoms with Gasteiger partial charge in [0, 0.05) is 0 Å². The Labute approximate surface area is 111 Å². The molecule has 0 saturated heterocycles. The molecule has 1 unspecified atom stereocenters. The number of hydrogen-bond donors (Lipinski definition) is 0. The summed E-state index contributed by atoms with van der Waals surface area (Å²) in [7, 11) is 2.54. The molecule has 0 aliphatic heterocycles. The third-order valence-corrected chi connectivity index (χ3v) is 4.78. The Bertz CT molecular complexity index is 407. The molecule has 1 fully saturated rings. The fourth-order valence-corrected chi connectivity index (χ4v) is 3.15. The Kier molecular flexibility index (Phi) is 4.40. The standard InChI is InChI=1S/C15H21O2P/c1-3-18-11-8-12-4-6-13(7-5-12)15(9-10-15)14(16)17-2/h4-7,18H,3,8-11H2,1-2H3. The van der Waals surface area contributed by atoms with E-state index in [2.05, 4.69) is 31.2 Å². The molecule has 0 aromatic heterocycles. The molecule has 0 bridgehead atoms. The second kappa shape index (κ2) is 5.84. The van der Waals surface area contributed by atoms with E-state index in [0.29, 0.717) is 0 Å². The van der Waals surface area contributed by atoms with Crippen molar-refractivity contribution in [1.29, 1.82) is 0 Å². The number of methoxy groups -OCH3 is 1. The highest BCUT2D eigenvalue weighted by Gasteiger charge is 2.52. The van der Waals surface area contributed by atoms with E-state index in [1.165, 1.54) is 25.0 Å². The van der Waals surface area contributed by atoms with Gasteiger partial charge in [0.2, 0.25) is 0 Å². The van der Waals surface area contributed by atoms with Crippen molar-refractivity contribution in [2.24, 2.45) is 0 Å². The molecule has 0 radical (unpaired) electrons. The van der Waals surface area contributed by atoms with Gasteiger partial charge in [-0.15, -0.1) is 8.58 Å². The molecule has 0 spiro atoms. The van der Waals surface area contributed by atoms with E-state index in [4.69, 9.17) is 4.74 Å². The molecule has 0 amide bonds. The lowest BCUT2D eigenvalue weighted by Crippen LogP contribution is -2.21. The number of carbonyl (C=O) groups excluding carboxylic acids is 1. The number of rotatable bonds is 6. The molecule has 2 nitrogen and oxygen atoms in total. The predicted octanol–water partition coefficient (Wildman–Crippen LogP) is 3.13. The molecule has 0 heterocycles. The van der Waals surface area contributed by atoms with Gasteiger partial charge in [0.05, 0.1) is 12.5 Å². The monoisotopic (exact) mass is 264 g/mol. The maximum absolute atomic E-state index is 11.8.